The lowest BCUT2D eigenvalue weighted by Gasteiger charge is -2.20. The van der Waals surface area contributed by atoms with Gasteiger partial charge in [-0.15, -0.1) is 0 Å². The molecule has 144 valence electrons. The molecule has 2 aromatic carbocycles. The van der Waals surface area contributed by atoms with Crippen LogP contribution in [0.25, 0.3) is 11.1 Å². The number of nitrogens with zero attached hydrogens (tertiary/aromatic N) is 2. The Balaban J connectivity index is 1.82. The minimum absolute atomic E-state index is 0.0705. The van der Waals surface area contributed by atoms with E-state index in [1.54, 1.807) is 31.2 Å². The molecule has 0 radical (unpaired) electrons. The zero-order valence-electron chi connectivity index (χ0n) is 15.3. The molecular formula is C21H20N2O4S. The molecule has 1 atom stereocenters. The lowest BCUT2D eigenvalue weighted by molar-refractivity contribution is 0.0526. The van der Waals surface area contributed by atoms with Crippen molar-refractivity contribution in [3.63, 3.8) is 0 Å². The van der Waals surface area contributed by atoms with E-state index in [9.17, 15) is 13.6 Å². The Bertz CT molecular complexity index is 962. The first-order valence-electron chi connectivity index (χ1n) is 8.74. The highest BCUT2D eigenvalue weighted by Crippen LogP contribution is 2.24. The van der Waals surface area contributed by atoms with Crippen LogP contribution >= 0.6 is 0 Å². The van der Waals surface area contributed by atoms with Crippen LogP contribution in [0.2, 0.25) is 0 Å². The van der Waals surface area contributed by atoms with Crippen molar-refractivity contribution in [1.29, 1.82) is 0 Å². The molecule has 3 aromatic rings. The fourth-order valence-electron chi connectivity index (χ4n) is 2.74. The fraction of sp³-hybridized carbons (Fsp3) is 0.143. The summed E-state index contributed by atoms with van der Waals surface area (Å²) in [5.41, 5.74) is 3.49. The Kier molecular flexibility index (Phi) is 6.52. The third kappa shape index (κ3) is 4.82. The van der Waals surface area contributed by atoms with Crippen LogP contribution in [0.5, 0.6) is 0 Å². The Morgan fingerprint density at radius 1 is 1.07 bits per heavy atom. The summed E-state index contributed by atoms with van der Waals surface area (Å²) in [6, 6.07) is 20.3. The van der Waals surface area contributed by atoms with E-state index in [1.165, 1.54) is 10.5 Å². The predicted molar refractivity (Wildman–Crippen MR) is 109 cm³/mol. The Morgan fingerprint density at radius 3 is 2.39 bits per heavy atom. The molecule has 6 nitrogen and oxygen atoms in total. The lowest BCUT2D eigenvalue weighted by Crippen LogP contribution is -2.25. The van der Waals surface area contributed by atoms with Crippen LogP contribution in [0.15, 0.2) is 72.9 Å². The summed E-state index contributed by atoms with van der Waals surface area (Å²) >= 11 is -2.25. The number of rotatable bonds is 7. The molecule has 0 amide bonds. The first-order chi connectivity index (χ1) is 13.6. The van der Waals surface area contributed by atoms with Crippen molar-refractivity contribution in [2.75, 3.05) is 10.9 Å². The van der Waals surface area contributed by atoms with Gasteiger partial charge in [0.25, 0.3) is 11.3 Å². The second kappa shape index (κ2) is 9.25. The highest BCUT2D eigenvalue weighted by molar-refractivity contribution is 7.80. The molecule has 0 saturated heterocycles. The topological polar surface area (TPSA) is 79.7 Å². The van der Waals surface area contributed by atoms with E-state index in [0.29, 0.717) is 16.9 Å². The van der Waals surface area contributed by atoms with Gasteiger partial charge >= 0.3 is 5.97 Å². The normalized spacial score (nSPS) is 11.6. The number of carbonyl (C=O) groups is 1. The number of hydrogen-bond donors (Lipinski definition) is 1. The first-order valence-corrected chi connectivity index (χ1v) is 9.81. The first kappa shape index (κ1) is 19.7. The van der Waals surface area contributed by atoms with Crippen LogP contribution in [0.3, 0.4) is 0 Å². The highest BCUT2D eigenvalue weighted by Gasteiger charge is 2.16. The Hall–Kier alpha value is -3.03. The third-order valence-electron chi connectivity index (χ3n) is 4.08. The van der Waals surface area contributed by atoms with E-state index in [0.717, 1.165) is 11.1 Å². The van der Waals surface area contributed by atoms with Gasteiger partial charge < -0.3 is 4.74 Å². The Labute approximate surface area is 166 Å². The molecule has 3 rings (SSSR count). The van der Waals surface area contributed by atoms with E-state index >= 15 is 0 Å². The SMILES string of the molecule is CCOC(=O)c1ccnc(CN(c2ccc(-c3ccccc3)cc2)S(=O)O)c1. The fourth-order valence-corrected chi connectivity index (χ4v) is 3.29. The number of benzene rings is 2. The molecule has 0 bridgehead atoms. The molecule has 7 heteroatoms. The molecule has 0 aliphatic heterocycles. The number of ether oxygens (including phenoxy) is 1. The number of carbonyl (C=O) groups excluding carboxylic acids is 1. The maximum absolute atomic E-state index is 11.9. The van der Waals surface area contributed by atoms with Crippen molar-refractivity contribution < 1.29 is 18.3 Å². The number of hydrogen-bond acceptors (Lipinski definition) is 4. The maximum Gasteiger partial charge on any atom is 0.338 e. The zero-order valence-corrected chi connectivity index (χ0v) is 16.1. The van der Waals surface area contributed by atoms with Gasteiger partial charge in [0.05, 0.1) is 30.1 Å². The van der Waals surface area contributed by atoms with Gasteiger partial charge in [0.1, 0.15) is 0 Å². The average molecular weight is 396 g/mol. The predicted octanol–water partition coefficient (Wildman–Crippen LogP) is 4.07. The number of anilines is 1. The molecule has 1 N–H and O–H groups in total. The minimum atomic E-state index is -2.25. The second-order valence-electron chi connectivity index (χ2n) is 5.94. The molecule has 28 heavy (non-hydrogen) atoms. The largest absolute Gasteiger partial charge is 0.462 e. The maximum atomic E-state index is 11.9. The van der Waals surface area contributed by atoms with Gasteiger partial charge in [-0.1, -0.05) is 42.5 Å². The van der Waals surface area contributed by atoms with Gasteiger partial charge in [0.15, 0.2) is 0 Å². The van der Waals surface area contributed by atoms with Crippen molar-refractivity contribution in [2.45, 2.75) is 13.5 Å². The molecule has 0 aliphatic carbocycles. The standard InChI is InChI=1S/C21H20N2O4S/c1-2-27-21(24)18-12-13-22-19(14-18)15-23(28(25)26)20-10-8-17(9-11-20)16-6-4-3-5-7-16/h3-14H,2,15H2,1H3,(H,25,26). The smallest absolute Gasteiger partial charge is 0.338 e. The molecule has 0 saturated carbocycles. The second-order valence-corrected chi connectivity index (χ2v) is 6.84. The molecule has 1 aromatic heterocycles. The van der Waals surface area contributed by atoms with Gasteiger partial charge in [-0.25, -0.2) is 9.00 Å². The van der Waals surface area contributed by atoms with Crippen LogP contribution in [0.1, 0.15) is 23.0 Å². The van der Waals surface area contributed by atoms with Gasteiger partial charge in [-0.3, -0.25) is 13.8 Å². The van der Waals surface area contributed by atoms with Crippen molar-refractivity contribution in [1.82, 2.24) is 4.98 Å². The van der Waals surface area contributed by atoms with Crippen molar-refractivity contribution in [2.24, 2.45) is 0 Å². The molecule has 1 heterocycles. The summed E-state index contributed by atoms with van der Waals surface area (Å²) in [6.45, 7) is 2.08. The highest BCUT2D eigenvalue weighted by atomic mass is 32.2. The molecule has 1 unspecified atom stereocenters. The quantitative estimate of drug-likeness (QED) is 0.481. The summed E-state index contributed by atoms with van der Waals surface area (Å²) < 4.78 is 27.9. The van der Waals surface area contributed by atoms with Crippen molar-refractivity contribution >= 4 is 22.9 Å². The molecule has 0 fully saturated rings. The molecule has 0 spiro atoms. The van der Waals surface area contributed by atoms with Crippen LogP contribution < -0.4 is 4.31 Å². The van der Waals surface area contributed by atoms with Gasteiger partial charge in [0.2, 0.25) is 0 Å². The third-order valence-corrected chi connectivity index (χ3v) is 4.80. The summed E-state index contributed by atoms with van der Waals surface area (Å²) in [6.07, 6.45) is 1.48. The van der Waals surface area contributed by atoms with E-state index in [2.05, 4.69) is 4.98 Å². The molecular weight excluding hydrogens is 376 g/mol. The van der Waals surface area contributed by atoms with E-state index in [-0.39, 0.29) is 13.2 Å². The Morgan fingerprint density at radius 2 is 1.75 bits per heavy atom. The summed E-state index contributed by atoms with van der Waals surface area (Å²) in [4.78, 5) is 16.1. The zero-order chi connectivity index (χ0) is 19.9. The monoisotopic (exact) mass is 396 g/mol. The van der Waals surface area contributed by atoms with Gasteiger partial charge in [-0.05, 0) is 42.3 Å². The van der Waals surface area contributed by atoms with Crippen molar-refractivity contribution in [3.8, 4) is 11.1 Å². The summed E-state index contributed by atoms with van der Waals surface area (Å²) in [5.74, 6) is -0.449. The number of aromatic nitrogens is 1. The molecule has 0 aliphatic rings. The van der Waals surface area contributed by atoms with Crippen LogP contribution in [0, 0.1) is 0 Å². The lowest BCUT2D eigenvalue weighted by atomic mass is 10.1. The minimum Gasteiger partial charge on any atom is -0.462 e. The number of pyridine rings is 1. The van der Waals surface area contributed by atoms with E-state index in [1.807, 2.05) is 42.5 Å². The summed E-state index contributed by atoms with van der Waals surface area (Å²) in [5, 5.41) is 0. The summed E-state index contributed by atoms with van der Waals surface area (Å²) in [7, 11) is 0. The van der Waals surface area contributed by atoms with E-state index in [4.69, 9.17) is 4.74 Å². The van der Waals surface area contributed by atoms with Crippen LogP contribution in [-0.2, 0) is 22.5 Å². The van der Waals surface area contributed by atoms with E-state index < -0.39 is 17.2 Å². The van der Waals surface area contributed by atoms with Crippen molar-refractivity contribution in [3.05, 3.63) is 84.2 Å². The van der Waals surface area contributed by atoms with Gasteiger partial charge in [0, 0.05) is 6.20 Å². The number of esters is 1. The van der Waals surface area contributed by atoms with Gasteiger partial charge in [-0.2, -0.15) is 0 Å². The van der Waals surface area contributed by atoms with Crippen LogP contribution in [0.4, 0.5) is 5.69 Å². The van der Waals surface area contributed by atoms with Crippen LogP contribution in [-0.4, -0.2) is 26.3 Å². The average Bonchev–Trinajstić information content (AvgIpc) is 2.73.